The molecule has 0 spiro atoms. The largest absolute Gasteiger partial charge is 0.208 e. The number of fused-ring (bicyclic) bond motifs is 2. The minimum absolute atomic E-state index is 0.619. The predicted octanol–water partition coefficient (Wildman–Crippen LogP) is 13.7. The lowest BCUT2D eigenvalue weighted by molar-refractivity contribution is 1.07. The van der Waals surface area contributed by atoms with Crippen LogP contribution in [0.3, 0.4) is 0 Å². The zero-order valence-corrected chi connectivity index (χ0v) is 31.4. The van der Waals surface area contributed by atoms with E-state index >= 15 is 0 Å². The first kappa shape index (κ1) is 34.5. The first-order valence-corrected chi connectivity index (χ1v) is 19.3. The summed E-state index contributed by atoms with van der Waals surface area (Å²) < 4.78 is 0. The van der Waals surface area contributed by atoms with Crippen molar-refractivity contribution in [2.24, 2.45) is 0 Å². The predicted molar refractivity (Wildman–Crippen MR) is 238 cm³/mol. The van der Waals surface area contributed by atoms with Gasteiger partial charge in [-0.1, -0.05) is 170 Å². The van der Waals surface area contributed by atoms with E-state index < -0.39 is 0 Å². The fraction of sp³-hybridized carbons (Fsp3) is 0. The molecule has 0 saturated heterocycles. The highest BCUT2D eigenvalue weighted by Crippen LogP contribution is 2.34. The van der Waals surface area contributed by atoms with Gasteiger partial charge in [0.25, 0.3) is 0 Å². The van der Waals surface area contributed by atoms with Crippen molar-refractivity contribution in [3.63, 3.8) is 0 Å². The fourth-order valence-corrected chi connectivity index (χ4v) is 7.60. The highest BCUT2D eigenvalue weighted by molar-refractivity contribution is 5.92. The summed E-state index contributed by atoms with van der Waals surface area (Å²) in [6.45, 7) is 0. The number of hydrogen-bond donors (Lipinski definition) is 0. The molecule has 9 aromatic carbocycles. The molecule has 0 saturated carbocycles. The summed E-state index contributed by atoms with van der Waals surface area (Å²) in [5.41, 5.74) is 12.1. The molecule has 0 aliphatic rings. The first-order valence-electron chi connectivity index (χ1n) is 19.3. The van der Waals surface area contributed by atoms with Gasteiger partial charge in [0.05, 0.1) is 11.6 Å². The van der Waals surface area contributed by atoms with Gasteiger partial charge in [0.15, 0.2) is 17.5 Å². The highest BCUT2D eigenvalue weighted by Gasteiger charge is 2.14. The lowest BCUT2D eigenvalue weighted by Gasteiger charge is -2.11. The normalized spacial score (nSPS) is 11.1. The van der Waals surface area contributed by atoms with Crippen molar-refractivity contribution in [2.45, 2.75) is 0 Å². The number of aromatic nitrogens is 3. The summed E-state index contributed by atoms with van der Waals surface area (Å²) in [4.78, 5) is 14.9. The molecule has 0 atom stereocenters. The standard InChI is InChI=1S/C54H34N4/c55-35-36-29-49(47-27-19-38-11-7-8-14-45(38)31-47)34-50(30-36)48-28-21-41-20-26-46(32-51(41)33-48)40-17-24-44(25-18-40)54-57-52(42-12-5-2-6-13-42)56-53(58-54)43-22-15-39(16-23-43)37-9-3-1-4-10-37/h1-34H. The Kier molecular flexibility index (Phi) is 8.87. The van der Waals surface area contributed by atoms with Gasteiger partial charge < -0.3 is 0 Å². The van der Waals surface area contributed by atoms with Gasteiger partial charge in [-0.25, -0.2) is 15.0 Å². The van der Waals surface area contributed by atoms with Crippen LogP contribution in [-0.2, 0) is 0 Å². The minimum atomic E-state index is 0.619. The van der Waals surface area contributed by atoms with Gasteiger partial charge in [-0.05, 0) is 102 Å². The molecule has 0 radical (unpaired) electrons. The molecule has 4 nitrogen and oxygen atoms in total. The lowest BCUT2D eigenvalue weighted by Crippen LogP contribution is -2.00. The van der Waals surface area contributed by atoms with Crippen molar-refractivity contribution < 1.29 is 0 Å². The molecule has 4 heteroatoms. The Bertz CT molecular complexity index is 3150. The molecule has 0 bridgehead atoms. The summed E-state index contributed by atoms with van der Waals surface area (Å²) in [6, 6.07) is 73.7. The summed E-state index contributed by atoms with van der Waals surface area (Å²) >= 11 is 0. The van der Waals surface area contributed by atoms with Crippen molar-refractivity contribution in [3.05, 3.63) is 212 Å². The van der Waals surface area contributed by atoms with Crippen molar-refractivity contribution in [1.29, 1.82) is 5.26 Å². The highest BCUT2D eigenvalue weighted by atomic mass is 15.0. The third-order valence-electron chi connectivity index (χ3n) is 10.7. The van der Waals surface area contributed by atoms with E-state index in [1.807, 2.05) is 48.5 Å². The van der Waals surface area contributed by atoms with Gasteiger partial charge in [-0.2, -0.15) is 5.26 Å². The van der Waals surface area contributed by atoms with Gasteiger partial charge in [0, 0.05) is 16.7 Å². The van der Waals surface area contributed by atoms with Gasteiger partial charge in [-0.3, -0.25) is 0 Å². The Labute approximate surface area is 337 Å². The molecule has 1 heterocycles. The topological polar surface area (TPSA) is 62.5 Å². The summed E-state index contributed by atoms with van der Waals surface area (Å²) in [5, 5.41) is 14.6. The minimum Gasteiger partial charge on any atom is -0.208 e. The molecule has 270 valence electrons. The fourth-order valence-electron chi connectivity index (χ4n) is 7.60. The number of nitriles is 1. The molecule has 0 N–H and O–H groups in total. The van der Waals surface area contributed by atoms with Crippen LogP contribution < -0.4 is 0 Å². The van der Waals surface area contributed by atoms with Gasteiger partial charge >= 0.3 is 0 Å². The molecule has 0 amide bonds. The van der Waals surface area contributed by atoms with E-state index in [0.29, 0.717) is 23.0 Å². The van der Waals surface area contributed by atoms with Crippen LogP contribution in [0.1, 0.15) is 5.56 Å². The molecular formula is C54H34N4. The van der Waals surface area contributed by atoms with E-state index in [9.17, 15) is 5.26 Å². The van der Waals surface area contributed by atoms with E-state index in [1.54, 1.807) is 0 Å². The first-order chi connectivity index (χ1) is 28.6. The van der Waals surface area contributed by atoms with E-state index in [4.69, 9.17) is 15.0 Å². The van der Waals surface area contributed by atoms with Gasteiger partial charge in [0.1, 0.15) is 0 Å². The SMILES string of the molecule is N#Cc1cc(-c2ccc3ccccc3c2)cc(-c2ccc3ccc(-c4ccc(-c5nc(-c6ccccc6)nc(-c6ccc(-c7ccccc7)cc6)n5)cc4)cc3c2)c1. The molecule has 10 aromatic rings. The zero-order chi connectivity index (χ0) is 38.8. The molecule has 1 aromatic heterocycles. The Hall–Kier alpha value is -8.00. The summed E-state index contributed by atoms with van der Waals surface area (Å²) in [7, 11) is 0. The van der Waals surface area contributed by atoms with Crippen LogP contribution in [0.2, 0.25) is 0 Å². The van der Waals surface area contributed by atoms with E-state index in [2.05, 4.69) is 164 Å². The second-order valence-electron chi connectivity index (χ2n) is 14.4. The Morgan fingerprint density at radius 2 is 0.603 bits per heavy atom. The van der Waals surface area contributed by atoms with E-state index in [-0.39, 0.29) is 0 Å². The zero-order valence-electron chi connectivity index (χ0n) is 31.4. The van der Waals surface area contributed by atoms with Crippen LogP contribution in [-0.4, -0.2) is 15.0 Å². The Balaban J connectivity index is 0.972. The maximum Gasteiger partial charge on any atom is 0.164 e. The summed E-state index contributed by atoms with van der Waals surface area (Å²) in [6.07, 6.45) is 0. The van der Waals surface area contributed by atoms with Crippen LogP contribution in [0.5, 0.6) is 0 Å². The van der Waals surface area contributed by atoms with Crippen LogP contribution in [0.4, 0.5) is 0 Å². The molecular weight excluding hydrogens is 705 g/mol. The van der Waals surface area contributed by atoms with E-state index in [0.717, 1.165) is 66.4 Å². The molecule has 0 fully saturated rings. The van der Waals surface area contributed by atoms with Crippen LogP contribution in [0, 0.1) is 11.3 Å². The second-order valence-corrected chi connectivity index (χ2v) is 14.4. The molecule has 10 rings (SSSR count). The van der Waals surface area contributed by atoms with Gasteiger partial charge in [0.2, 0.25) is 0 Å². The monoisotopic (exact) mass is 738 g/mol. The second kappa shape index (κ2) is 14.9. The Morgan fingerprint density at radius 1 is 0.259 bits per heavy atom. The maximum atomic E-state index is 9.99. The number of nitrogens with zero attached hydrogens (tertiary/aromatic N) is 4. The number of benzene rings is 9. The van der Waals surface area contributed by atoms with Crippen molar-refractivity contribution in [1.82, 2.24) is 15.0 Å². The lowest BCUT2D eigenvalue weighted by atomic mass is 9.93. The van der Waals surface area contributed by atoms with Crippen molar-refractivity contribution in [3.8, 4) is 84.7 Å². The van der Waals surface area contributed by atoms with Crippen LogP contribution in [0.15, 0.2) is 206 Å². The third kappa shape index (κ3) is 6.90. The number of rotatable bonds is 7. The molecule has 0 aliphatic carbocycles. The quantitative estimate of drug-likeness (QED) is 0.163. The number of hydrogen-bond acceptors (Lipinski definition) is 4. The van der Waals surface area contributed by atoms with Crippen molar-refractivity contribution >= 4 is 21.5 Å². The van der Waals surface area contributed by atoms with Gasteiger partial charge in [-0.15, -0.1) is 0 Å². The third-order valence-corrected chi connectivity index (χ3v) is 10.7. The maximum absolute atomic E-state index is 9.99. The smallest absolute Gasteiger partial charge is 0.164 e. The van der Waals surface area contributed by atoms with Crippen LogP contribution in [0.25, 0.3) is 100 Å². The Morgan fingerprint density at radius 3 is 1.12 bits per heavy atom. The molecule has 0 aliphatic heterocycles. The van der Waals surface area contributed by atoms with Crippen LogP contribution >= 0.6 is 0 Å². The molecule has 58 heavy (non-hydrogen) atoms. The summed E-state index contributed by atoms with van der Waals surface area (Å²) in [5.74, 6) is 1.88. The van der Waals surface area contributed by atoms with E-state index in [1.165, 1.54) is 16.3 Å². The molecule has 0 unspecified atom stereocenters. The average Bonchev–Trinajstić information content (AvgIpc) is 3.31. The van der Waals surface area contributed by atoms with Crippen molar-refractivity contribution in [2.75, 3.05) is 0 Å². The average molecular weight is 739 g/mol.